The van der Waals surface area contributed by atoms with Crippen molar-refractivity contribution in [3.63, 3.8) is 0 Å². The van der Waals surface area contributed by atoms with Gasteiger partial charge in [0.05, 0.1) is 0 Å². The maximum Gasteiger partial charge on any atom is 0.0382 e. The molecule has 0 aliphatic heterocycles. The van der Waals surface area contributed by atoms with Gasteiger partial charge in [0, 0.05) is 11.4 Å². The van der Waals surface area contributed by atoms with Crippen LogP contribution in [0.2, 0.25) is 0 Å². The first kappa shape index (κ1) is 12.5. The lowest BCUT2D eigenvalue weighted by molar-refractivity contribution is 1.24. The van der Waals surface area contributed by atoms with E-state index in [2.05, 4.69) is 33.8 Å². The topological polar surface area (TPSA) is 52.0 Å². The van der Waals surface area contributed by atoms with Gasteiger partial charge in [0.2, 0.25) is 0 Å². The Balaban J connectivity index is 2.80. The van der Waals surface area contributed by atoms with E-state index in [4.69, 9.17) is 11.5 Å². The van der Waals surface area contributed by atoms with Gasteiger partial charge in [0.25, 0.3) is 0 Å². The first-order valence-electron chi connectivity index (χ1n) is 6.15. The molecule has 94 valence electrons. The Bertz CT molecular complexity index is 584. The molecule has 0 amide bonds. The Labute approximate surface area is 109 Å². The molecule has 2 nitrogen and oxygen atoms in total. The highest BCUT2D eigenvalue weighted by atomic mass is 14.6. The molecule has 0 saturated carbocycles. The molecule has 0 radical (unpaired) electrons. The molecule has 0 bridgehead atoms. The zero-order chi connectivity index (χ0) is 13.4. The van der Waals surface area contributed by atoms with Crippen molar-refractivity contribution in [3.05, 3.63) is 46.5 Å². The Morgan fingerprint density at radius 1 is 0.778 bits per heavy atom. The van der Waals surface area contributed by atoms with E-state index in [0.717, 1.165) is 22.5 Å². The zero-order valence-electron chi connectivity index (χ0n) is 11.5. The minimum atomic E-state index is 0.781. The van der Waals surface area contributed by atoms with Gasteiger partial charge in [-0.3, -0.25) is 0 Å². The van der Waals surface area contributed by atoms with Gasteiger partial charge in [-0.25, -0.2) is 0 Å². The van der Waals surface area contributed by atoms with Crippen LogP contribution >= 0.6 is 0 Å². The molecule has 0 fully saturated rings. The molecule has 2 aromatic rings. The molecule has 0 saturated heterocycles. The molecular weight excluding hydrogens is 220 g/mol. The van der Waals surface area contributed by atoms with Gasteiger partial charge >= 0.3 is 0 Å². The molecule has 0 heterocycles. The van der Waals surface area contributed by atoms with Crippen molar-refractivity contribution in [2.75, 3.05) is 11.5 Å². The summed E-state index contributed by atoms with van der Waals surface area (Å²) in [5.41, 5.74) is 20.9. The number of anilines is 2. The third kappa shape index (κ3) is 1.84. The van der Waals surface area contributed by atoms with Gasteiger partial charge < -0.3 is 11.5 Å². The fourth-order valence-electron chi connectivity index (χ4n) is 2.50. The summed E-state index contributed by atoms with van der Waals surface area (Å²) in [6, 6.07) is 7.97. The molecule has 2 heteroatoms. The van der Waals surface area contributed by atoms with Crippen LogP contribution < -0.4 is 11.5 Å². The van der Waals surface area contributed by atoms with Crippen LogP contribution in [0.15, 0.2) is 24.3 Å². The molecule has 0 unspecified atom stereocenters. The van der Waals surface area contributed by atoms with Crippen LogP contribution in [-0.2, 0) is 0 Å². The summed E-state index contributed by atoms with van der Waals surface area (Å²) in [7, 11) is 0. The summed E-state index contributed by atoms with van der Waals surface area (Å²) in [6.07, 6.45) is 0. The summed E-state index contributed by atoms with van der Waals surface area (Å²) in [5.74, 6) is 0. The van der Waals surface area contributed by atoms with Crippen molar-refractivity contribution >= 4 is 11.4 Å². The Kier molecular flexibility index (Phi) is 3.04. The summed E-state index contributed by atoms with van der Waals surface area (Å²) < 4.78 is 0. The fourth-order valence-corrected chi connectivity index (χ4v) is 2.50. The smallest absolute Gasteiger partial charge is 0.0382 e. The summed E-state index contributed by atoms with van der Waals surface area (Å²) in [4.78, 5) is 0. The van der Waals surface area contributed by atoms with Crippen molar-refractivity contribution in [3.8, 4) is 11.1 Å². The van der Waals surface area contributed by atoms with Crippen molar-refractivity contribution in [2.45, 2.75) is 27.7 Å². The molecule has 0 aliphatic carbocycles. The first-order chi connectivity index (χ1) is 8.43. The maximum atomic E-state index is 6.20. The van der Waals surface area contributed by atoms with Gasteiger partial charge in [-0.1, -0.05) is 12.1 Å². The largest absolute Gasteiger partial charge is 0.399 e. The molecule has 2 aromatic carbocycles. The number of hydrogen-bond acceptors (Lipinski definition) is 2. The van der Waals surface area contributed by atoms with Gasteiger partial charge in [-0.05, 0) is 73.2 Å². The van der Waals surface area contributed by atoms with Crippen LogP contribution in [0.5, 0.6) is 0 Å². The van der Waals surface area contributed by atoms with Crippen LogP contribution in [0.25, 0.3) is 11.1 Å². The van der Waals surface area contributed by atoms with E-state index in [1.165, 1.54) is 22.3 Å². The zero-order valence-corrected chi connectivity index (χ0v) is 11.5. The molecule has 0 aliphatic rings. The highest BCUT2D eigenvalue weighted by Gasteiger charge is 2.14. The van der Waals surface area contributed by atoms with E-state index in [0.29, 0.717) is 0 Å². The average Bonchev–Trinajstić information content (AvgIpc) is 2.34. The fraction of sp³-hybridized carbons (Fsp3) is 0.250. The summed E-state index contributed by atoms with van der Waals surface area (Å²) in [5, 5.41) is 0. The van der Waals surface area contributed by atoms with E-state index >= 15 is 0 Å². The van der Waals surface area contributed by atoms with E-state index in [1.807, 2.05) is 18.2 Å². The first-order valence-corrected chi connectivity index (χ1v) is 6.15. The second kappa shape index (κ2) is 4.37. The number of hydrogen-bond donors (Lipinski definition) is 2. The second-order valence-corrected chi connectivity index (χ2v) is 4.91. The van der Waals surface area contributed by atoms with Crippen LogP contribution in [0.4, 0.5) is 11.4 Å². The van der Waals surface area contributed by atoms with Gasteiger partial charge in [-0.15, -0.1) is 0 Å². The lowest BCUT2D eigenvalue weighted by Gasteiger charge is -2.18. The van der Waals surface area contributed by atoms with E-state index < -0.39 is 0 Å². The number of benzene rings is 2. The number of nitrogens with two attached hydrogens (primary N) is 2. The van der Waals surface area contributed by atoms with Crippen molar-refractivity contribution < 1.29 is 0 Å². The van der Waals surface area contributed by atoms with Crippen molar-refractivity contribution in [2.24, 2.45) is 0 Å². The average molecular weight is 240 g/mol. The van der Waals surface area contributed by atoms with Gasteiger partial charge in [0.15, 0.2) is 0 Å². The third-order valence-corrected chi connectivity index (χ3v) is 3.86. The molecule has 2 rings (SSSR count). The highest BCUT2D eigenvalue weighted by molar-refractivity contribution is 5.80. The third-order valence-electron chi connectivity index (χ3n) is 3.86. The van der Waals surface area contributed by atoms with E-state index in [9.17, 15) is 0 Å². The summed E-state index contributed by atoms with van der Waals surface area (Å²) >= 11 is 0. The Morgan fingerprint density at radius 2 is 1.44 bits per heavy atom. The summed E-state index contributed by atoms with van der Waals surface area (Å²) in [6.45, 7) is 8.42. The molecule has 0 spiro atoms. The van der Waals surface area contributed by atoms with E-state index in [-0.39, 0.29) is 0 Å². The standard InChI is InChI=1S/C16H20N2/c1-9-10(2)15(12(4)16(18)11(9)3)13-6-5-7-14(17)8-13/h5-8H,17-18H2,1-4H3. The monoisotopic (exact) mass is 240 g/mol. The molecule has 0 atom stereocenters. The lowest BCUT2D eigenvalue weighted by Crippen LogP contribution is -2.02. The predicted molar refractivity (Wildman–Crippen MR) is 79.7 cm³/mol. The Hall–Kier alpha value is -1.96. The predicted octanol–water partition coefficient (Wildman–Crippen LogP) is 3.75. The van der Waals surface area contributed by atoms with Gasteiger partial charge in [0.1, 0.15) is 0 Å². The van der Waals surface area contributed by atoms with Crippen LogP contribution in [0.1, 0.15) is 22.3 Å². The van der Waals surface area contributed by atoms with Crippen molar-refractivity contribution in [1.82, 2.24) is 0 Å². The van der Waals surface area contributed by atoms with Crippen LogP contribution in [0, 0.1) is 27.7 Å². The minimum absolute atomic E-state index is 0.781. The molecule has 18 heavy (non-hydrogen) atoms. The second-order valence-electron chi connectivity index (χ2n) is 4.91. The quantitative estimate of drug-likeness (QED) is 0.746. The molecule has 0 aromatic heterocycles. The lowest BCUT2D eigenvalue weighted by atomic mass is 9.88. The highest BCUT2D eigenvalue weighted by Crippen LogP contribution is 2.36. The maximum absolute atomic E-state index is 6.20. The molecule has 4 N–H and O–H groups in total. The normalized spacial score (nSPS) is 10.7. The van der Waals surface area contributed by atoms with Crippen LogP contribution in [0.3, 0.4) is 0 Å². The van der Waals surface area contributed by atoms with Crippen LogP contribution in [-0.4, -0.2) is 0 Å². The van der Waals surface area contributed by atoms with Gasteiger partial charge in [-0.2, -0.15) is 0 Å². The molecular formula is C16H20N2. The van der Waals surface area contributed by atoms with Crippen molar-refractivity contribution in [1.29, 1.82) is 0 Å². The Morgan fingerprint density at radius 3 is 2.06 bits per heavy atom. The number of nitrogen functional groups attached to an aromatic ring is 2. The minimum Gasteiger partial charge on any atom is -0.399 e. The SMILES string of the molecule is Cc1c(C)c(N)c(C)c(-c2cccc(N)c2)c1C. The number of rotatable bonds is 1. The van der Waals surface area contributed by atoms with E-state index in [1.54, 1.807) is 0 Å².